The van der Waals surface area contributed by atoms with Crippen LogP contribution in [0.4, 0.5) is 11.4 Å². The second kappa shape index (κ2) is 6.75. The average molecular weight is 364 g/mol. The summed E-state index contributed by atoms with van der Waals surface area (Å²) < 4.78 is 0. The minimum Gasteiger partial charge on any atom is -0.399 e. The number of anilines is 2. The van der Waals surface area contributed by atoms with Crippen molar-refractivity contribution in [2.24, 2.45) is 0 Å². The van der Waals surface area contributed by atoms with Gasteiger partial charge in [0.05, 0.1) is 0 Å². The number of hydrogen-bond acceptors (Lipinski definition) is 5. The van der Waals surface area contributed by atoms with Crippen LogP contribution in [-0.2, 0) is 22.7 Å². The molecular formula is C20H20N4O3. The maximum atomic E-state index is 12.8. The van der Waals surface area contributed by atoms with Crippen LogP contribution in [0.5, 0.6) is 0 Å². The molecule has 0 aromatic heterocycles. The van der Waals surface area contributed by atoms with Crippen LogP contribution in [0.25, 0.3) is 0 Å². The molecule has 1 unspecified atom stereocenters. The summed E-state index contributed by atoms with van der Waals surface area (Å²) in [5.74, 6) is -0.843. The summed E-state index contributed by atoms with van der Waals surface area (Å²) in [4.78, 5) is 37.9. The number of nitrogens with one attached hydrogen (secondary N) is 2. The zero-order valence-corrected chi connectivity index (χ0v) is 14.7. The molecule has 2 aromatic rings. The number of carbonyl (C=O) groups excluding carboxylic acids is 3. The van der Waals surface area contributed by atoms with Crippen LogP contribution in [0.3, 0.4) is 0 Å². The molecule has 0 saturated carbocycles. The Bertz CT molecular complexity index is 941. The lowest BCUT2D eigenvalue weighted by atomic mass is 10.0. The first-order valence-corrected chi connectivity index (χ1v) is 8.88. The van der Waals surface area contributed by atoms with Gasteiger partial charge in [-0.3, -0.25) is 19.7 Å². The van der Waals surface area contributed by atoms with E-state index in [9.17, 15) is 14.4 Å². The van der Waals surface area contributed by atoms with Crippen LogP contribution >= 0.6 is 0 Å². The first-order chi connectivity index (χ1) is 13.0. The Labute approximate surface area is 156 Å². The fraction of sp³-hybridized carbons (Fsp3) is 0.250. The van der Waals surface area contributed by atoms with E-state index in [0.717, 1.165) is 16.8 Å². The van der Waals surface area contributed by atoms with Crippen molar-refractivity contribution >= 4 is 29.1 Å². The molecule has 138 valence electrons. The Balaban J connectivity index is 1.54. The van der Waals surface area contributed by atoms with Gasteiger partial charge in [0.2, 0.25) is 11.8 Å². The number of nitrogens with two attached hydrogens (primary N) is 1. The predicted molar refractivity (Wildman–Crippen MR) is 101 cm³/mol. The highest BCUT2D eigenvalue weighted by molar-refractivity contribution is 6.05. The van der Waals surface area contributed by atoms with Crippen LogP contribution in [0.1, 0.15) is 34.3 Å². The Hall–Kier alpha value is -3.35. The number of piperidine rings is 1. The van der Waals surface area contributed by atoms with Crippen molar-refractivity contribution < 1.29 is 14.4 Å². The quantitative estimate of drug-likeness (QED) is 0.565. The smallest absolute Gasteiger partial charge is 0.255 e. The van der Waals surface area contributed by atoms with Gasteiger partial charge in [0, 0.05) is 36.4 Å². The minimum atomic E-state index is -0.600. The monoisotopic (exact) mass is 364 g/mol. The van der Waals surface area contributed by atoms with Crippen molar-refractivity contribution in [3.8, 4) is 0 Å². The zero-order valence-electron chi connectivity index (χ0n) is 14.7. The van der Waals surface area contributed by atoms with Crippen LogP contribution in [-0.4, -0.2) is 28.7 Å². The van der Waals surface area contributed by atoms with E-state index < -0.39 is 11.9 Å². The summed E-state index contributed by atoms with van der Waals surface area (Å²) >= 11 is 0. The Kier molecular flexibility index (Phi) is 4.27. The van der Waals surface area contributed by atoms with E-state index in [1.165, 1.54) is 0 Å². The topological polar surface area (TPSA) is 105 Å². The third kappa shape index (κ3) is 3.23. The highest BCUT2D eigenvalue weighted by atomic mass is 16.2. The highest BCUT2D eigenvalue weighted by Crippen LogP contribution is 2.30. The van der Waals surface area contributed by atoms with E-state index in [4.69, 9.17) is 5.73 Å². The van der Waals surface area contributed by atoms with Gasteiger partial charge in [0.25, 0.3) is 5.91 Å². The lowest BCUT2D eigenvalue weighted by molar-refractivity contribution is -0.136. The van der Waals surface area contributed by atoms with Gasteiger partial charge in [-0.15, -0.1) is 0 Å². The van der Waals surface area contributed by atoms with Crippen LogP contribution < -0.4 is 16.4 Å². The third-order valence-electron chi connectivity index (χ3n) is 5.05. The Morgan fingerprint density at radius 2 is 1.96 bits per heavy atom. The molecule has 2 aromatic carbocycles. The van der Waals surface area contributed by atoms with Crippen molar-refractivity contribution in [2.75, 3.05) is 11.1 Å². The van der Waals surface area contributed by atoms with Gasteiger partial charge >= 0.3 is 0 Å². The van der Waals surface area contributed by atoms with Gasteiger partial charge in [0.1, 0.15) is 6.04 Å². The molecule has 2 aliphatic heterocycles. The van der Waals surface area contributed by atoms with E-state index in [1.807, 2.05) is 36.4 Å². The molecule has 2 aliphatic rings. The number of amides is 3. The van der Waals surface area contributed by atoms with E-state index in [0.29, 0.717) is 30.8 Å². The molecule has 7 nitrogen and oxygen atoms in total. The molecule has 1 saturated heterocycles. The number of hydrogen-bond donors (Lipinski definition) is 3. The standard InChI is InChI=1S/C20H20N4O3/c21-13-4-2-5-14(9-13)22-10-12-3-1-6-15-16(12)11-24(20(15)27)17-7-8-18(25)23-19(17)26/h1-6,9,17,22H,7-8,10-11,21H2,(H,23,25,26). The summed E-state index contributed by atoms with van der Waals surface area (Å²) in [5, 5.41) is 5.65. The number of nitrogen functional groups attached to an aromatic ring is 1. The number of carbonyl (C=O) groups is 3. The van der Waals surface area contributed by atoms with Crippen molar-refractivity contribution in [1.82, 2.24) is 10.2 Å². The van der Waals surface area contributed by atoms with Gasteiger partial charge in [-0.05, 0) is 41.8 Å². The van der Waals surface area contributed by atoms with Gasteiger partial charge in [-0.25, -0.2) is 0 Å². The van der Waals surface area contributed by atoms with Gasteiger partial charge in [0.15, 0.2) is 0 Å². The normalized spacial score (nSPS) is 19.0. The zero-order chi connectivity index (χ0) is 19.0. The fourth-order valence-electron chi connectivity index (χ4n) is 3.66. The number of benzene rings is 2. The molecule has 3 amide bonds. The molecule has 0 aliphatic carbocycles. The van der Waals surface area contributed by atoms with Crippen molar-refractivity contribution in [3.05, 3.63) is 59.2 Å². The van der Waals surface area contributed by atoms with Gasteiger partial charge in [-0.1, -0.05) is 18.2 Å². The molecule has 1 atom stereocenters. The molecule has 4 rings (SSSR count). The van der Waals surface area contributed by atoms with Crippen LogP contribution in [0.2, 0.25) is 0 Å². The van der Waals surface area contributed by atoms with Crippen molar-refractivity contribution in [3.63, 3.8) is 0 Å². The first kappa shape index (κ1) is 17.1. The first-order valence-electron chi connectivity index (χ1n) is 8.88. The Morgan fingerprint density at radius 3 is 2.74 bits per heavy atom. The van der Waals surface area contributed by atoms with E-state index >= 15 is 0 Å². The lowest BCUT2D eigenvalue weighted by Crippen LogP contribution is -2.52. The Morgan fingerprint density at radius 1 is 1.15 bits per heavy atom. The van der Waals surface area contributed by atoms with Crippen LogP contribution in [0, 0.1) is 0 Å². The summed E-state index contributed by atoms with van der Waals surface area (Å²) in [5.41, 5.74) is 9.92. The average Bonchev–Trinajstić information content (AvgIpc) is 2.97. The molecule has 0 radical (unpaired) electrons. The molecule has 2 heterocycles. The fourth-order valence-corrected chi connectivity index (χ4v) is 3.66. The van der Waals surface area contributed by atoms with Crippen molar-refractivity contribution in [2.45, 2.75) is 32.0 Å². The summed E-state index contributed by atoms with van der Waals surface area (Å²) in [6.45, 7) is 0.915. The van der Waals surface area contributed by atoms with E-state index in [-0.39, 0.29) is 18.2 Å². The molecule has 4 N–H and O–H groups in total. The number of nitrogens with zero attached hydrogens (tertiary/aromatic N) is 1. The largest absolute Gasteiger partial charge is 0.399 e. The molecule has 1 fully saturated rings. The second-order valence-corrected chi connectivity index (χ2v) is 6.82. The number of imide groups is 1. The van der Waals surface area contributed by atoms with Crippen LogP contribution in [0.15, 0.2) is 42.5 Å². The maximum Gasteiger partial charge on any atom is 0.255 e. The second-order valence-electron chi connectivity index (χ2n) is 6.82. The van der Waals surface area contributed by atoms with Gasteiger partial charge in [-0.2, -0.15) is 0 Å². The summed E-state index contributed by atoms with van der Waals surface area (Å²) in [6, 6.07) is 12.5. The number of rotatable bonds is 4. The molecular weight excluding hydrogens is 344 g/mol. The van der Waals surface area contributed by atoms with Crippen molar-refractivity contribution in [1.29, 1.82) is 0 Å². The molecule has 7 heteroatoms. The molecule has 27 heavy (non-hydrogen) atoms. The number of fused-ring (bicyclic) bond motifs is 1. The minimum absolute atomic E-state index is 0.162. The molecule has 0 spiro atoms. The summed E-state index contributed by atoms with van der Waals surface area (Å²) in [6.07, 6.45) is 0.613. The third-order valence-corrected chi connectivity index (χ3v) is 5.05. The lowest BCUT2D eigenvalue weighted by Gasteiger charge is -2.29. The highest BCUT2D eigenvalue weighted by Gasteiger charge is 2.39. The SMILES string of the molecule is Nc1cccc(NCc2cccc3c2CN(C2CCC(=O)NC2=O)C3=O)c1. The maximum absolute atomic E-state index is 12.8. The predicted octanol–water partition coefficient (Wildman–Crippen LogP) is 1.64. The molecule has 0 bridgehead atoms. The van der Waals surface area contributed by atoms with E-state index in [1.54, 1.807) is 11.0 Å². The summed E-state index contributed by atoms with van der Waals surface area (Å²) in [7, 11) is 0. The van der Waals surface area contributed by atoms with Gasteiger partial charge < -0.3 is 16.0 Å². The van der Waals surface area contributed by atoms with E-state index in [2.05, 4.69) is 10.6 Å².